The third-order valence-corrected chi connectivity index (χ3v) is 4.37. The van der Waals surface area contributed by atoms with Gasteiger partial charge >= 0.3 is 0 Å². The largest absolute Gasteiger partial charge is 0.261 e. The van der Waals surface area contributed by atoms with Crippen LogP contribution in [0.3, 0.4) is 0 Å². The first kappa shape index (κ1) is 16.7. The number of unbranched alkanes of at least 4 members (excludes halogenated alkanes) is 1. The van der Waals surface area contributed by atoms with Crippen molar-refractivity contribution < 1.29 is 0 Å². The fourth-order valence-electron chi connectivity index (χ4n) is 3.20. The number of hydrogen-bond donors (Lipinski definition) is 0. The van der Waals surface area contributed by atoms with E-state index >= 15 is 0 Å². The molecule has 0 saturated heterocycles. The Labute approximate surface area is 135 Å². The molecule has 0 aliphatic carbocycles. The number of aryl methyl sites for hydroxylation is 2. The maximum Gasteiger partial charge on any atom is 0.0478 e. The molecule has 0 aliphatic heterocycles. The average molecular weight is 295 g/mol. The Morgan fingerprint density at radius 3 is 2.45 bits per heavy atom. The van der Waals surface area contributed by atoms with Gasteiger partial charge in [-0.3, -0.25) is 4.98 Å². The Morgan fingerprint density at radius 1 is 0.955 bits per heavy atom. The van der Waals surface area contributed by atoms with E-state index in [1.807, 2.05) is 12.3 Å². The summed E-state index contributed by atoms with van der Waals surface area (Å²) in [6, 6.07) is 13.4. The van der Waals surface area contributed by atoms with Gasteiger partial charge in [0.2, 0.25) is 0 Å². The van der Waals surface area contributed by atoms with Crippen molar-refractivity contribution in [1.82, 2.24) is 4.98 Å². The van der Waals surface area contributed by atoms with Gasteiger partial charge in [-0.2, -0.15) is 0 Å². The Balaban J connectivity index is 2.38. The van der Waals surface area contributed by atoms with E-state index in [9.17, 15) is 0 Å². The van der Waals surface area contributed by atoms with Gasteiger partial charge in [-0.05, 0) is 54.5 Å². The van der Waals surface area contributed by atoms with Gasteiger partial charge in [0.15, 0.2) is 0 Å². The summed E-state index contributed by atoms with van der Waals surface area (Å²) in [4.78, 5) is 4.61. The highest BCUT2D eigenvalue weighted by atomic mass is 14.7. The molecule has 1 heteroatoms. The monoisotopic (exact) mass is 295 g/mol. The van der Waals surface area contributed by atoms with E-state index in [0.717, 1.165) is 6.42 Å². The second-order valence-electron chi connectivity index (χ2n) is 6.10. The number of hydrogen-bond acceptors (Lipinski definition) is 1. The number of aromatic nitrogens is 1. The molecule has 2 aromatic rings. The highest BCUT2D eigenvalue weighted by Crippen LogP contribution is 2.30. The first-order valence-corrected chi connectivity index (χ1v) is 8.82. The molecule has 1 nitrogen and oxygen atoms in total. The zero-order valence-electron chi connectivity index (χ0n) is 14.3. The van der Waals surface area contributed by atoms with Crippen molar-refractivity contribution in [2.24, 2.45) is 0 Å². The van der Waals surface area contributed by atoms with E-state index in [4.69, 9.17) is 0 Å². The number of benzene rings is 1. The van der Waals surface area contributed by atoms with Crippen molar-refractivity contribution in [2.45, 2.75) is 65.2 Å². The minimum Gasteiger partial charge on any atom is -0.261 e. The standard InChI is InChI=1S/C21H29N/c1-4-7-11-18-16-17(10-5-2)13-14-20(18)19(6-3)21-12-8-9-15-22-21/h8-9,12-16,19H,4-7,10-11H2,1-3H3. The lowest BCUT2D eigenvalue weighted by Gasteiger charge is -2.20. The molecule has 1 aromatic carbocycles. The summed E-state index contributed by atoms with van der Waals surface area (Å²) in [6.07, 6.45) is 9.11. The molecule has 0 radical (unpaired) electrons. The van der Waals surface area contributed by atoms with Crippen LogP contribution in [-0.4, -0.2) is 4.98 Å². The van der Waals surface area contributed by atoms with Gasteiger partial charge in [0.25, 0.3) is 0 Å². The maximum absolute atomic E-state index is 4.61. The van der Waals surface area contributed by atoms with Crippen LogP contribution in [-0.2, 0) is 12.8 Å². The molecule has 118 valence electrons. The number of nitrogens with zero attached hydrogens (tertiary/aromatic N) is 1. The van der Waals surface area contributed by atoms with E-state index < -0.39 is 0 Å². The van der Waals surface area contributed by atoms with E-state index in [1.165, 1.54) is 54.5 Å². The lowest BCUT2D eigenvalue weighted by atomic mass is 9.86. The molecular formula is C21H29N. The lowest BCUT2D eigenvalue weighted by molar-refractivity contribution is 0.719. The van der Waals surface area contributed by atoms with Crippen LogP contribution in [0.1, 0.15) is 74.8 Å². The average Bonchev–Trinajstić information content (AvgIpc) is 2.56. The molecule has 1 aromatic heterocycles. The Kier molecular flexibility index (Phi) is 6.64. The Bertz CT molecular complexity index is 559. The van der Waals surface area contributed by atoms with Crippen LogP contribution < -0.4 is 0 Å². The lowest BCUT2D eigenvalue weighted by Crippen LogP contribution is -2.06. The van der Waals surface area contributed by atoms with Crippen LogP contribution in [0.5, 0.6) is 0 Å². The zero-order chi connectivity index (χ0) is 15.8. The quantitative estimate of drug-likeness (QED) is 0.589. The Morgan fingerprint density at radius 2 is 1.82 bits per heavy atom. The predicted molar refractivity (Wildman–Crippen MR) is 95.4 cm³/mol. The van der Waals surface area contributed by atoms with Crippen molar-refractivity contribution >= 4 is 0 Å². The van der Waals surface area contributed by atoms with Crippen LogP contribution in [0.25, 0.3) is 0 Å². The molecule has 1 atom stereocenters. The van der Waals surface area contributed by atoms with Gasteiger partial charge in [-0.15, -0.1) is 0 Å². The third-order valence-electron chi connectivity index (χ3n) is 4.37. The fraction of sp³-hybridized carbons (Fsp3) is 0.476. The van der Waals surface area contributed by atoms with Gasteiger partial charge in [-0.25, -0.2) is 0 Å². The van der Waals surface area contributed by atoms with E-state index in [1.54, 1.807) is 0 Å². The Hall–Kier alpha value is -1.63. The van der Waals surface area contributed by atoms with Gasteiger partial charge in [0.05, 0.1) is 0 Å². The summed E-state index contributed by atoms with van der Waals surface area (Å²) in [6.45, 7) is 6.79. The normalized spacial score (nSPS) is 12.3. The summed E-state index contributed by atoms with van der Waals surface area (Å²) in [5, 5.41) is 0. The predicted octanol–water partition coefficient (Wildman–Crippen LogP) is 5.92. The van der Waals surface area contributed by atoms with Crippen molar-refractivity contribution in [3.8, 4) is 0 Å². The zero-order valence-corrected chi connectivity index (χ0v) is 14.3. The van der Waals surface area contributed by atoms with E-state index in [0.29, 0.717) is 5.92 Å². The first-order valence-electron chi connectivity index (χ1n) is 8.82. The topological polar surface area (TPSA) is 12.9 Å². The van der Waals surface area contributed by atoms with Crippen LogP contribution in [0, 0.1) is 0 Å². The second-order valence-corrected chi connectivity index (χ2v) is 6.10. The van der Waals surface area contributed by atoms with Crippen LogP contribution in [0.15, 0.2) is 42.6 Å². The minimum absolute atomic E-state index is 0.420. The van der Waals surface area contributed by atoms with Crippen LogP contribution in [0.2, 0.25) is 0 Å². The number of rotatable bonds is 8. The van der Waals surface area contributed by atoms with Crippen molar-refractivity contribution in [1.29, 1.82) is 0 Å². The van der Waals surface area contributed by atoms with Crippen molar-refractivity contribution in [3.63, 3.8) is 0 Å². The SMILES string of the molecule is CCCCc1cc(CCC)ccc1C(CC)c1ccccn1. The first-order chi connectivity index (χ1) is 10.8. The van der Waals surface area contributed by atoms with Gasteiger partial charge in [0, 0.05) is 17.8 Å². The molecule has 0 aliphatic rings. The molecule has 0 N–H and O–H groups in total. The highest BCUT2D eigenvalue weighted by Gasteiger charge is 2.17. The van der Waals surface area contributed by atoms with Crippen LogP contribution >= 0.6 is 0 Å². The summed E-state index contributed by atoms with van der Waals surface area (Å²) in [5.74, 6) is 0.420. The molecule has 0 spiro atoms. The van der Waals surface area contributed by atoms with Gasteiger partial charge < -0.3 is 0 Å². The van der Waals surface area contributed by atoms with E-state index in [-0.39, 0.29) is 0 Å². The smallest absolute Gasteiger partial charge is 0.0478 e. The number of pyridine rings is 1. The van der Waals surface area contributed by atoms with E-state index in [2.05, 4.69) is 56.1 Å². The molecule has 1 heterocycles. The summed E-state index contributed by atoms with van der Waals surface area (Å²) in [5.41, 5.74) is 5.69. The van der Waals surface area contributed by atoms with Crippen molar-refractivity contribution in [3.05, 3.63) is 65.0 Å². The third kappa shape index (κ3) is 4.19. The molecule has 0 saturated carbocycles. The molecule has 0 amide bonds. The van der Waals surface area contributed by atoms with Gasteiger partial charge in [0.1, 0.15) is 0 Å². The second kappa shape index (κ2) is 8.73. The van der Waals surface area contributed by atoms with Gasteiger partial charge in [-0.1, -0.05) is 57.9 Å². The van der Waals surface area contributed by atoms with Crippen LogP contribution in [0.4, 0.5) is 0 Å². The molecular weight excluding hydrogens is 266 g/mol. The molecule has 0 bridgehead atoms. The highest BCUT2D eigenvalue weighted by molar-refractivity contribution is 5.38. The molecule has 22 heavy (non-hydrogen) atoms. The minimum atomic E-state index is 0.420. The summed E-state index contributed by atoms with van der Waals surface area (Å²) < 4.78 is 0. The van der Waals surface area contributed by atoms with Crippen molar-refractivity contribution in [2.75, 3.05) is 0 Å². The molecule has 1 unspecified atom stereocenters. The maximum atomic E-state index is 4.61. The summed E-state index contributed by atoms with van der Waals surface area (Å²) in [7, 11) is 0. The summed E-state index contributed by atoms with van der Waals surface area (Å²) >= 11 is 0. The fourth-order valence-corrected chi connectivity index (χ4v) is 3.20. The molecule has 2 rings (SSSR count). The molecule has 0 fully saturated rings.